The summed E-state index contributed by atoms with van der Waals surface area (Å²) < 4.78 is 0. The third-order valence-corrected chi connectivity index (χ3v) is 4.25. The van der Waals surface area contributed by atoms with Gasteiger partial charge < -0.3 is 9.74 Å². The van der Waals surface area contributed by atoms with Gasteiger partial charge in [0, 0.05) is 23.8 Å². The van der Waals surface area contributed by atoms with Crippen LogP contribution in [0.5, 0.6) is 0 Å². The summed E-state index contributed by atoms with van der Waals surface area (Å²) in [7, 11) is 0. The Hall–Kier alpha value is -0.770. The molecule has 3 nitrogen and oxygen atoms in total. The Morgan fingerprint density at radius 1 is 1.39 bits per heavy atom. The Morgan fingerprint density at radius 3 is 2.78 bits per heavy atom. The first-order chi connectivity index (χ1) is 8.72. The van der Waals surface area contributed by atoms with E-state index in [0.29, 0.717) is 6.61 Å². The van der Waals surface area contributed by atoms with Gasteiger partial charge in [-0.15, -0.1) is 0 Å². The highest BCUT2D eigenvalue weighted by molar-refractivity contribution is 6.31. The number of halogens is 1. The van der Waals surface area contributed by atoms with Gasteiger partial charge in [-0.3, -0.25) is 0 Å². The van der Waals surface area contributed by atoms with Gasteiger partial charge in [0.15, 0.2) is 0 Å². The molecule has 2 N–H and O–H groups in total. The average Bonchev–Trinajstić information content (AvgIpc) is 2.40. The predicted molar refractivity (Wildman–Crippen MR) is 75.9 cm³/mol. The smallest absolute Gasteiger partial charge is 0.0681 e. The number of nitrogens with two attached hydrogens (primary N) is 1. The topological polar surface area (TPSA) is 38.5 Å². The molecule has 0 unspecified atom stereocenters. The van der Waals surface area contributed by atoms with Crippen molar-refractivity contribution >= 4 is 17.3 Å². The van der Waals surface area contributed by atoms with Crippen molar-refractivity contribution in [3.05, 3.63) is 28.8 Å². The maximum absolute atomic E-state index is 6.17. The lowest BCUT2D eigenvalue weighted by molar-refractivity contribution is 0.118. The molecule has 1 heterocycles. The number of hydrogen-bond acceptors (Lipinski definition) is 3. The maximum Gasteiger partial charge on any atom is 0.0681 e. The predicted octanol–water partition coefficient (Wildman–Crippen LogP) is 3.15. The van der Waals surface area contributed by atoms with E-state index in [4.69, 9.17) is 17.5 Å². The number of benzene rings is 1. The third kappa shape index (κ3) is 3.16. The summed E-state index contributed by atoms with van der Waals surface area (Å²) >= 11 is 6.17. The molecule has 1 aromatic rings. The van der Waals surface area contributed by atoms with Crippen molar-refractivity contribution in [2.75, 3.05) is 24.6 Å². The first kappa shape index (κ1) is 13.7. The molecular weight excluding hydrogens is 248 g/mol. The molecule has 0 aromatic heterocycles. The van der Waals surface area contributed by atoms with E-state index >= 15 is 0 Å². The average molecular weight is 269 g/mol. The van der Waals surface area contributed by atoms with Crippen LogP contribution >= 0.6 is 11.6 Å². The molecule has 1 saturated heterocycles. The van der Waals surface area contributed by atoms with Crippen molar-refractivity contribution in [1.29, 1.82) is 0 Å². The molecule has 0 bridgehead atoms. The van der Waals surface area contributed by atoms with Crippen molar-refractivity contribution in [1.82, 2.24) is 0 Å². The van der Waals surface area contributed by atoms with Gasteiger partial charge in [-0.05, 0) is 49.8 Å². The molecule has 4 heteroatoms. The zero-order chi connectivity index (χ0) is 13.0. The lowest BCUT2D eigenvalue weighted by Gasteiger charge is -2.34. The van der Waals surface area contributed by atoms with Crippen molar-refractivity contribution in [2.24, 2.45) is 11.8 Å². The fraction of sp³-hybridized carbons (Fsp3) is 0.571. The molecule has 0 saturated carbocycles. The van der Waals surface area contributed by atoms with Crippen LogP contribution in [0.25, 0.3) is 0 Å². The van der Waals surface area contributed by atoms with Gasteiger partial charge in [0.05, 0.1) is 6.61 Å². The highest BCUT2D eigenvalue weighted by atomic mass is 35.5. The van der Waals surface area contributed by atoms with E-state index in [1.807, 2.05) is 12.1 Å². The van der Waals surface area contributed by atoms with Gasteiger partial charge in [-0.25, -0.2) is 5.90 Å². The first-order valence-corrected chi connectivity index (χ1v) is 6.92. The van der Waals surface area contributed by atoms with Crippen LogP contribution < -0.4 is 10.8 Å². The molecule has 0 amide bonds. The summed E-state index contributed by atoms with van der Waals surface area (Å²) in [5, 5.41) is 0.853. The van der Waals surface area contributed by atoms with Gasteiger partial charge in [-0.1, -0.05) is 17.7 Å². The Kier molecular flexibility index (Phi) is 4.87. The van der Waals surface area contributed by atoms with E-state index in [1.54, 1.807) is 0 Å². The normalized spacial score (nSPS) is 17.2. The van der Waals surface area contributed by atoms with E-state index in [0.717, 1.165) is 30.5 Å². The molecule has 100 valence electrons. The number of nitrogens with zero attached hydrogens (tertiary/aromatic N) is 1. The minimum atomic E-state index is 0.668. The summed E-state index contributed by atoms with van der Waals surface area (Å²) in [5.74, 6) is 5.82. The van der Waals surface area contributed by atoms with Crippen molar-refractivity contribution in [3.63, 3.8) is 0 Å². The molecule has 1 fully saturated rings. The van der Waals surface area contributed by atoms with Crippen LogP contribution in [0.15, 0.2) is 18.2 Å². The summed E-state index contributed by atoms with van der Waals surface area (Å²) in [5.41, 5.74) is 2.46. The number of hydrogen-bond donors (Lipinski definition) is 1. The van der Waals surface area contributed by atoms with Crippen LogP contribution in [0.1, 0.15) is 24.8 Å². The minimum Gasteiger partial charge on any atom is -0.371 e. The Balaban J connectivity index is 1.95. The summed E-state index contributed by atoms with van der Waals surface area (Å²) in [6.45, 7) is 4.94. The zero-order valence-electron chi connectivity index (χ0n) is 10.9. The maximum atomic E-state index is 6.17. The zero-order valence-corrected chi connectivity index (χ0v) is 11.6. The Labute approximate surface area is 114 Å². The van der Waals surface area contributed by atoms with E-state index in [-0.39, 0.29) is 0 Å². The summed E-state index contributed by atoms with van der Waals surface area (Å²) in [6, 6.07) is 6.13. The van der Waals surface area contributed by atoms with Crippen LogP contribution in [0.4, 0.5) is 5.69 Å². The highest BCUT2D eigenvalue weighted by Gasteiger charge is 2.20. The van der Waals surface area contributed by atoms with Gasteiger partial charge in [-0.2, -0.15) is 0 Å². The third-order valence-electron chi connectivity index (χ3n) is 3.84. The van der Waals surface area contributed by atoms with Crippen LogP contribution in [0.2, 0.25) is 5.02 Å². The highest BCUT2D eigenvalue weighted by Crippen LogP contribution is 2.30. The molecule has 0 radical (unpaired) electrons. The minimum absolute atomic E-state index is 0.668. The van der Waals surface area contributed by atoms with E-state index in [2.05, 4.69) is 22.7 Å². The Bertz CT molecular complexity index is 389. The summed E-state index contributed by atoms with van der Waals surface area (Å²) in [6.07, 6.45) is 3.48. The second-order valence-electron chi connectivity index (χ2n) is 4.97. The largest absolute Gasteiger partial charge is 0.371 e. The fourth-order valence-corrected chi connectivity index (χ4v) is 2.81. The molecular formula is C14H21ClN2O. The van der Waals surface area contributed by atoms with Gasteiger partial charge in [0.1, 0.15) is 0 Å². The Morgan fingerprint density at radius 2 is 2.11 bits per heavy atom. The second-order valence-corrected chi connectivity index (χ2v) is 5.38. The quantitative estimate of drug-likeness (QED) is 0.853. The fourth-order valence-electron chi connectivity index (χ4n) is 2.64. The van der Waals surface area contributed by atoms with E-state index < -0.39 is 0 Å². The second kappa shape index (κ2) is 6.41. The summed E-state index contributed by atoms with van der Waals surface area (Å²) in [4.78, 5) is 7.09. The first-order valence-electron chi connectivity index (χ1n) is 6.54. The van der Waals surface area contributed by atoms with E-state index in [1.165, 1.54) is 24.1 Å². The number of anilines is 1. The molecule has 1 aromatic carbocycles. The molecule has 18 heavy (non-hydrogen) atoms. The SMILES string of the molecule is Cc1c(Cl)cccc1N1CCC(CCON)CC1. The molecule has 0 spiro atoms. The molecule has 0 aliphatic carbocycles. The lowest BCUT2D eigenvalue weighted by Crippen LogP contribution is -2.34. The van der Waals surface area contributed by atoms with Crippen LogP contribution in [0.3, 0.4) is 0 Å². The molecule has 1 aliphatic heterocycles. The van der Waals surface area contributed by atoms with Gasteiger partial charge >= 0.3 is 0 Å². The van der Waals surface area contributed by atoms with Crippen LogP contribution in [-0.2, 0) is 4.84 Å². The standard InChI is InChI=1S/C14H21ClN2O/c1-11-13(15)3-2-4-14(11)17-8-5-12(6-9-17)7-10-18-16/h2-4,12H,5-10,16H2,1H3. The van der Waals surface area contributed by atoms with Crippen LogP contribution in [-0.4, -0.2) is 19.7 Å². The lowest BCUT2D eigenvalue weighted by atomic mass is 9.93. The van der Waals surface area contributed by atoms with Crippen molar-refractivity contribution in [2.45, 2.75) is 26.2 Å². The van der Waals surface area contributed by atoms with Crippen LogP contribution in [0, 0.1) is 12.8 Å². The van der Waals surface area contributed by atoms with E-state index in [9.17, 15) is 0 Å². The monoisotopic (exact) mass is 268 g/mol. The van der Waals surface area contributed by atoms with Gasteiger partial charge in [0.2, 0.25) is 0 Å². The van der Waals surface area contributed by atoms with Crippen molar-refractivity contribution in [3.8, 4) is 0 Å². The number of rotatable bonds is 4. The molecule has 1 aliphatic rings. The van der Waals surface area contributed by atoms with Crippen molar-refractivity contribution < 1.29 is 4.84 Å². The van der Waals surface area contributed by atoms with Gasteiger partial charge in [0.25, 0.3) is 0 Å². The number of piperidine rings is 1. The molecule has 2 rings (SSSR count). The molecule has 0 atom stereocenters.